The number of likely N-dealkylation sites (tertiary alicyclic amines) is 1. The molecule has 37 heavy (non-hydrogen) atoms. The van der Waals surface area contributed by atoms with Crippen molar-refractivity contribution in [3.05, 3.63) is 59.8 Å². The van der Waals surface area contributed by atoms with Gasteiger partial charge in [0.05, 0.1) is 6.04 Å². The molecule has 2 atom stereocenters. The molecule has 0 spiro atoms. The summed E-state index contributed by atoms with van der Waals surface area (Å²) >= 11 is 0. The van der Waals surface area contributed by atoms with Crippen LogP contribution in [-0.4, -0.2) is 72.1 Å². The predicted octanol–water partition coefficient (Wildman–Crippen LogP) is 5.18. The van der Waals surface area contributed by atoms with Crippen molar-refractivity contribution in [2.75, 3.05) is 33.2 Å². The molecule has 2 aliphatic heterocycles. The first-order valence-electron chi connectivity index (χ1n) is 13.7. The maximum atomic E-state index is 12.4. The molecular weight excluding hydrogens is 464 g/mol. The van der Waals surface area contributed by atoms with Gasteiger partial charge >= 0.3 is 6.09 Å². The molecule has 1 aromatic rings. The number of alkyl carbamates (subject to hydrolysis) is 1. The Balaban J connectivity index is 0.00000235. The van der Waals surface area contributed by atoms with E-state index in [0.717, 1.165) is 55.1 Å². The molecule has 204 valence electrons. The number of rotatable bonds is 9. The van der Waals surface area contributed by atoms with Crippen LogP contribution in [0.2, 0.25) is 0 Å². The lowest BCUT2D eigenvalue weighted by Crippen LogP contribution is -2.41. The number of nitrogens with one attached hydrogen (secondary N) is 2. The summed E-state index contributed by atoms with van der Waals surface area (Å²) < 4.78 is 5.60. The molecule has 8 nitrogen and oxygen atoms in total. The van der Waals surface area contributed by atoms with Crippen molar-refractivity contribution < 1.29 is 9.53 Å². The highest BCUT2D eigenvalue weighted by atomic mass is 16.6. The van der Waals surface area contributed by atoms with E-state index in [0.29, 0.717) is 13.1 Å². The highest BCUT2D eigenvalue weighted by Crippen LogP contribution is 2.27. The Kier molecular flexibility index (Phi) is 12.9. The van der Waals surface area contributed by atoms with E-state index in [9.17, 15) is 4.79 Å². The van der Waals surface area contributed by atoms with Crippen molar-refractivity contribution >= 4 is 17.5 Å². The number of pyridine rings is 1. The predicted molar refractivity (Wildman–Crippen MR) is 153 cm³/mol. The first-order valence-corrected chi connectivity index (χ1v) is 13.7. The smallest absolute Gasteiger partial charge is 0.407 e. The summed E-state index contributed by atoms with van der Waals surface area (Å²) in [5, 5.41) is 6.28. The molecule has 1 aromatic heterocycles. The average Bonchev–Trinajstić information content (AvgIpc) is 3.39. The van der Waals surface area contributed by atoms with Gasteiger partial charge in [0.2, 0.25) is 0 Å². The van der Waals surface area contributed by atoms with Gasteiger partial charge in [0.15, 0.2) is 0 Å². The lowest BCUT2D eigenvalue weighted by atomic mass is 10.0. The van der Waals surface area contributed by atoms with Gasteiger partial charge in [-0.2, -0.15) is 0 Å². The minimum Gasteiger partial charge on any atom is -0.445 e. The van der Waals surface area contributed by atoms with Gasteiger partial charge in [0, 0.05) is 56.4 Å². The zero-order chi connectivity index (χ0) is 27.2. The largest absolute Gasteiger partial charge is 0.445 e. The van der Waals surface area contributed by atoms with Crippen LogP contribution in [0.3, 0.4) is 0 Å². The summed E-state index contributed by atoms with van der Waals surface area (Å²) in [4.78, 5) is 26.1. The SMILES string of the molecule is CC.CCNCC(CC)OC(=O)NC1CCN(C2=N/C(=C(/C=C(C)CC)c3cccnc3)N(C)C=C2)C1. The minimum atomic E-state index is -0.345. The number of ether oxygens (including phenoxy) is 1. The summed E-state index contributed by atoms with van der Waals surface area (Å²) in [5.41, 5.74) is 3.36. The summed E-state index contributed by atoms with van der Waals surface area (Å²) in [5.74, 6) is 1.78. The minimum absolute atomic E-state index is 0.0300. The van der Waals surface area contributed by atoms with E-state index in [1.807, 2.05) is 64.2 Å². The standard InChI is InChI=1S/C27H40N6O2.C2H6/c1-6-20(4)16-24(21-10-9-13-29-17-21)26-31-25(12-14-32(26)5)33-15-11-22(19-33)30-27(34)35-23(7-2)18-28-8-3;1-2/h9-10,12-14,16-17,22-23,28H,6-8,11,15,18-19H2,1-5H3,(H,30,34);1-2H3/b20-16?,26-24+;. The molecule has 0 aromatic carbocycles. The highest BCUT2D eigenvalue weighted by Gasteiger charge is 2.28. The van der Waals surface area contributed by atoms with Crippen molar-refractivity contribution in [1.82, 2.24) is 25.4 Å². The van der Waals surface area contributed by atoms with E-state index in [2.05, 4.69) is 46.5 Å². The fourth-order valence-corrected chi connectivity index (χ4v) is 4.06. The Bertz CT molecular complexity index is 970. The lowest BCUT2D eigenvalue weighted by Gasteiger charge is -2.27. The van der Waals surface area contributed by atoms with Crippen LogP contribution in [0.4, 0.5) is 4.79 Å². The van der Waals surface area contributed by atoms with E-state index in [1.54, 1.807) is 6.20 Å². The third-order valence-corrected chi connectivity index (χ3v) is 6.35. The van der Waals surface area contributed by atoms with Crippen molar-refractivity contribution in [1.29, 1.82) is 0 Å². The van der Waals surface area contributed by atoms with Crippen LogP contribution in [0.15, 0.2) is 59.3 Å². The molecule has 3 heterocycles. The Morgan fingerprint density at radius 1 is 1.30 bits per heavy atom. The maximum Gasteiger partial charge on any atom is 0.407 e. The number of hydrogen-bond acceptors (Lipinski definition) is 7. The van der Waals surface area contributed by atoms with Gasteiger partial charge in [-0.3, -0.25) is 4.98 Å². The molecule has 0 radical (unpaired) electrons. The van der Waals surface area contributed by atoms with E-state index in [-0.39, 0.29) is 18.2 Å². The number of nitrogens with zero attached hydrogens (tertiary/aromatic N) is 4. The fourth-order valence-electron chi connectivity index (χ4n) is 4.06. The Morgan fingerprint density at radius 2 is 2.08 bits per heavy atom. The third kappa shape index (κ3) is 9.04. The topological polar surface area (TPSA) is 82.1 Å². The van der Waals surface area contributed by atoms with Gasteiger partial charge in [-0.25, -0.2) is 9.79 Å². The van der Waals surface area contributed by atoms with Crippen molar-refractivity contribution in [2.45, 2.75) is 73.0 Å². The number of allylic oxidation sites excluding steroid dienone is 3. The van der Waals surface area contributed by atoms with Gasteiger partial charge in [0.1, 0.15) is 17.8 Å². The third-order valence-electron chi connectivity index (χ3n) is 6.35. The second kappa shape index (κ2) is 15.9. The van der Waals surface area contributed by atoms with E-state index < -0.39 is 0 Å². The number of hydrogen-bond donors (Lipinski definition) is 2. The van der Waals surface area contributed by atoms with Gasteiger partial charge in [-0.05, 0) is 44.9 Å². The number of likely N-dealkylation sites (N-methyl/N-ethyl adjacent to an activating group) is 1. The molecule has 3 rings (SSSR count). The lowest BCUT2D eigenvalue weighted by molar-refractivity contribution is 0.0922. The summed E-state index contributed by atoms with van der Waals surface area (Å²) in [6, 6.07) is 4.05. The van der Waals surface area contributed by atoms with Gasteiger partial charge in [-0.15, -0.1) is 0 Å². The number of aliphatic imine (C=N–C) groups is 1. The van der Waals surface area contributed by atoms with Crippen LogP contribution in [0.5, 0.6) is 0 Å². The second-order valence-electron chi connectivity index (χ2n) is 9.04. The van der Waals surface area contributed by atoms with Crippen LogP contribution in [0.1, 0.15) is 66.4 Å². The van der Waals surface area contributed by atoms with Gasteiger partial charge in [-0.1, -0.05) is 52.3 Å². The quantitative estimate of drug-likeness (QED) is 0.476. The molecule has 2 aliphatic rings. The summed E-state index contributed by atoms with van der Waals surface area (Å²) in [7, 11) is 2.01. The molecule has 1 amide bonds. The van der Waals surface area contributed by atoms with E-state index >= 15 is 0 Å². The zero-order valence-electron chi connectivity index (χ0n) is 23.8. The number of amides is 1. The van der Waals surface area contributed by atoms with Crippen LogP contribution < -0.4 is 10.6 Å². The molecule has 1 fully saturated rings. The first-order chi connectivity index (χ1) is 17.9. The molecule has 0 saturated carbocycles. The molecule has 0 bridgehead atoms. The molecule has 1 saturated heterocycles. The molecular formula is C29H46N6O2. The van der Waals surface area contributed by atoms with Crippen LogP contribution >= 0.6 is 0 Å². The van der Waals surface area contributed by atoms with E-state index in [1.165, 1.54) is 5.57 Å². The molecule has 2 unspecified atom stereocenters. The Hall–Kier alpha value is -3.13. The van der Waals surface area contributed by atoms with Gasteiger partial charge in [0.25, 0.3) is 0 Å². The van der Waals surface area contributed by atoms with Crippen LogP contribution in [0.25, 0.3) is 5.57 Å². The maximum absolute atomic E-state index is 12.4. The number of carbonyl (C=O) groups is 1. The highest BCUT2D eigenvalue weighted by molar-refractivity contribution is 5.96. The van der Waals surface area contributed by atoms with Crippen molar-refractivity contribution in [3.8, 4) is 0 Å². The summed E-state index contributed by atoms with van der Waals surface area (Å²) in [6.07, 6.45) is 12.1. The zero-order valence-corrected chi connectivity index (χ0v) is 23.8. The van der Waals surface area contributed by atoms with Crippen molar-refractivity contribution in [3.63, 3.8) is 0 Å². The normalized spacial score (nSPS) is 19.6. The second-order valence-corrected chi connectivity index (χ2v) is 9.04. The number of aromatic nitrogens is 1. The Labute approximate surface area is 223 Å². The molecule has 2 N–H and O–H groups in total. The Morgan fingerprint density at radius 3 is 2.73 bits per heavy atom. The van der Waals surface area contributed by atoms with Crippen molar-refractivity contribution in [2.24, 2.45) is 4.99 Å². The van der Waals surface area contributed by atoms with Crippen LogP contribution in [0, 0.1) is 0 Å². The molecule has 0 aliphatic carbocycles. The monoisotopic (exact) mass is 510 g/mol. The van der Waals surface area contributed by atoms with Crippen LogP contribution in [-0.2, 0) is 4.74 Å². The summed E-state index contributed by atoms with van der Waals surface area (Å²) in [6.45, 7) is 15.4. The number of amidine groups is 1. The first kappa shape index (κ1) is 30.1. The van der Waals surface area contributed by atoms with Gasteiger partial charge < -0.3 is 25.2 Å². The van der Waals surface area contributed by atoms with E-state index in [4.69, 9.17) is 9.73 Å². The fraction of sp³-hybridized carbons (Fsp3) is 0.552. The average molecular weight is 511 g/mol. The molecule has 8 heteroatoms. The number of carbonyl (C=O) groups excluding carboxylic acids is 1.